The lowest BCUT2D eigenvalue weighted by Crippen LogP contribution is -2.46. The molecule has 1 saturated heterocycles. The van der Waals surface area contributed by atoms with E-state index in [1.54, 1.807) is 11.8 Å². The van der Waals surface area contributed by atoms with Gasteiger partial charge >= 0.3 is 0 Å². The lowest BCUT2D eigenvalue weighted by atomic mass is 10.1. The summed E-state index contributed by atoms with van der Waals surface area (Å²) in [5.74, 6) is 3.30. The maximum Gasteiger partial charge on any atom is 0.237 e. The van der Waals surface area contributed by atoms with Crippen molar-refractivity contribution in [3.05, 3.63) is 0 Å². The lowest BCUT2D eigenvalue weighted by molar-refractivity contribution is -0.123. The number of carbonyl (C=O) groups excluding carboxylic acids is 1. The van der Waals surface area contributed by atoms with E-state index < -0.39 is 0 Å². The third-order valence-corrected chi connectivity index (χ3v) is 4.23. The first-order valence-corrected chi connectivity index (χ1v) is 7.91. The first-order valence-electron chi connectivity index (χ1n) is 5.36. The van der Waals surface area contributed by atoms with E-state index in [0.717, 1.165) is 36.5 Å². The molecule has 1 rings (SSSR count). The molecule has 0 radical (unpaired) electrons. The number of nitrogens with one attached hydrogen (secondary N) is 1. The predicted molar refractivity (Wildman–Crippen MR) is 76.7 cm³/mol. The molecule has 0 spiro atoms. The predicted octanol–water partition coefficient (Wildman–Crippen LogP) is 1.50. The molecule has 1 fully saturated rings. The number of rotatable bonds is 5. The van der Waals surface area contributed by atoms with E-state index in [2.05, 4.69) is 5.32 Å². The first kappa shape index (κ1) is 16.4. The fourth-order valence-electron chi connectivity index (χ4n) is 1.53. The van der Waals surface area contributed by atoms with Gasteiger partial charge in [0.15, 0.2) is 0 Å². The van der Waals surface area contributed by atoms with Crippen LogP contribution >= 0.6 is 35.9 Å². The Bertz CT molecular complexity index is 201. The highest BCUT2D eigenvalue weighted by Gasteiger charge is 2.19. The zero-order chi connectivity index (χ0) is 11.1. The van der Waals surface area contributed by atoms with Crippen LogP contribution in [0, 0.1) is 0 Å². The molecule has 3 nitrogen and oxygen atoms in total. The summed E-state index contributed by atoms with van der Waals surface area (Å²) in [6.45, 7) is 0. The largest absolute Gasteiger partial charge is 0.352 e. The van der Waals surface area contributed by atoms with Gasteiger partial charge in [-0.3, -0.25) is 4.79 Å². The Kier molecular flexibility index (Phi) is 9.70. The lowest BCUT2D eigenvalue weighted by Gasteiger charge is -2.24. The maximum atomic E-state index is 11.7. The summed E-state index contributed by atoms with van der Waals surface area (Å²) in [6, 6.07) is 0.0334. The second-order valence-corrected chi connectivity index (χ2v) is 5.99. The standard InChI is InChI=1S/C10H20N2OS2.ClH/c1-14-5-4-9(11)10(13)12-8-2-6-15-7-3-8;/h8-9H,2-7,11H2,1H3,(H,12,13);1H/t9-;/m0./s1. The molecule has 0 unspecified atom stereocenters. The Balaban J connectivity index is 0.00000225. The van der Waals surface area contributed by atoms with Crippen LogP contribution in [0.5, 0.6) is 0 Å². The summed E-state index contributed by atoms with van der Waals surface area (Å²) in [6.07, 6.45) is 4.98. The number of amides is 1. The Morgan fingerprint density at radius 3 is 2.75 bits per heavy atom. The van der Waals surface area contributed by atoms with E-state index in [4.69, 9.17) is 5.73 Å². The molecule has 1 heterocycles. The van der Waals surface area contributed by atoms with Gasteiger partial charge in [0, 0.05) is 6.04 Å². The molecule has 96 valence electrons. The highest BCUT2D eigenvalue weighted by atomic mass is 35.5. The maximum absolute atomic E-state index is 11.7. The van der Waals surface area contributed by atoms with Crippen LogP contribution in [-0.2, 0) is 4.79 Å². The molecule has 1 atom stereocenters. The van der Waals surface area contributed by atoms with Gasteiger partial charge in [0.05, 0.1) is 6.04 Å². The van der Waals surface area contributed by atoms with E-state index in [9.17, 15) is 4.79 Å². The SMILES string of the molecule is CSCC[C@H](N)C(=O)NC1CCSCC1.Cl. The Morgan fingerprint density at radius 1 is 1.56 bits per heavy atom. The van der Waals surface area contributed by atoms with Crippen LogP contribution in [-0.4, -0.2) is 41.5 Å². The smallest absolute Gasteiger partial charge is 0.237 e. The second kappa shape index (κ2) is 9.45. The molecule has 1 amide bonds. The van der Waals surface area contributed by atoms with Gasteiger partial charge in [0.1, 0.15) is 0 Å². The first-order chi connectivity index (χ1) is 7.24. The van der Waals surface area contributed by atoms with Crippen LogP contribution in [0.3, 0.4) is 0 Å². The molecule has 0 aromatic carbocycles. The summed E-state index contributed by atoms with van der Waals surface area (Å²) in [4.78, 5) is 11.7. The van der Waals surface area contributed by atoms with Gasteiger partial charge in [-0.05, 0) is 42.8 Å². The number of halogens is 1. The van der Waals surface area contributed by atoms with Gasteiger partial charge in [-0.2, -0.15) is 23.5 Å². The van der Waals surface area contributed by atoms with Crippen LogP contribution in [0.15, 0.2) is 0 Å². The molecule has 0 aliphatic carbocycles. The van der Waals surface area contributed by atoms with E-state index in [1.165, 1.54) is 0 Å². The number of thioether (sulfide) groups is 2. The monoisotopic (exact) mass is 284 g/mol. The van der Waals surface area contributed by atoms with E-state index in [1.807, 2.05) is 18.0 Å². The molecular weight excluding hydrogens is 264 g/mol. The molecular formula is C10H21ClN2OS2. The molecule has 0 aromatic rings. The minimum Gasteiger partial charge on any atom is -0.352 e. The van der Waals surface area contributed by atoms with Gasteiger partial charge in [0.2, 0.25) is 5.91 Å². The molecule has 3 N–H and O–H groups in total. The minimum absolute atomic E-state index is 0. The van der Waals surface area contributed by atoms with Gasteiger partial charge in [-0.1, -0.05) is 0 Å². The van der Waals surface area contributed by atoms with Crippen LogP contribution in [0.4, 0.5) is 0 Å². The van der Waals surface area contributed by atoms with E-state index in [-0.39, 0.29) is 24.4 Å². The van der Waals surface area contributed by atoms with Gasteiger partial charge in [-0.25, -0.2) is 0 Å². The van der Waals surface area contributed by atoms with Crippen LogP contribution < -0.4 is 11.1 Å². The summed E-state index contributed by atoms with van der Waals surface area (Å²) in [5, 5.41) is 3.04. The van der Waals surface area contributed by atoms with Gasteiger partial charge < -0.3 is 11.1 Å². The fourth-order valence-corrected chi connectivity index (χ4v) is 3.12. The van der Waals surface area contributed by atoms with Crippen molar-refractivity contribution in [3.63, 3.8) is 0 Å². The summed E-state index contributed by atoms with van der Waals surface area (Å²) < 4.78 is 0. The third kappa shape index (κ3) is 6.23. The van der Waals surface area contributed by atoms with Crippen molar-refractivity contribution in [2.24, 2.45) is 5.73 Å². The summed E-state index contributed by atoms with van der Waals surface area (Å²) in [5.41, 5.74) is 5.79. The Hall–Kier alpha value is 0.420. The van der Waals surface area contributed by atoms with Gasteiger partial charge in [-0.15, -0.1) is 12.4 Å². The highest BCUT2D eigenvalue weighted by molar-refractivity contribution is 7.99. The zero-order valence-corrected chi connectivity index (χ0v) is 12.1. The third-order valence-electron chi connectivity index (χ3n) is 2.54. The average molecular weight is 285 g/mol. The zero-order valence-electron chi connectivity index (χ0n) is 9.61. The van der Waals surface area contributed by atoms with Crippen LogP contribution in [0.25, 0.3) is 0 Å². The quantitative estimate of drug-likeness (QED) is 0.803. The number of nitrogens with two attached hydrogens (primary N) is 1. The van der Waals surface area contributed by atoms with Crippen molar-refractivity contribution < 1.29 is 4.79 Å². The van der Waals surface area contributed by atoms with Crippen molar-refractivity contribution in [2.45, 2.75) is 31.3 Å². The normalized spacial score (nSPS) is 18.6. The number of carbonyl (C=O) groups is 1. The van der Waals surface area contributed by atoms with Crippen molar-refractivity contribution in [2.75, 3.05) is 23.5 Å². The van der Waals surface area contributed by atoms with Crippen molar-refractivity contribution >= 4 is 41.8 Å². The molecule has 0 aromatic heterocycles. The van der Waals surface area contributed by atoms with Crippen molar-refractivity contribution in [1.29, 1.82) is 0 Å². The highest BCUT2D eigenvalue weighted by Crippen LogP contribution is 2.16. The van der Waals surface area contributed by atoms with E-state index >= 15 is 0 Å². The van der Waals surface area contributed by atoms with Crippen LogP contribution in [0.2, 0.25) is 0 Å². The summed E-state index contributed by atoms with van der Waals surface area (Å²) in [7, 11) is 0. The Labute approximate surface area is 112 Å². The molecule has 1 aliphatic heterocycles. The van der Waals surface area contributed by atoms with Crippen molar-refractivity contribution in [3.8, 4) is 0 Å². The van der Waals surface area contributed by atoms with Crippen LogP contribution in [0.1, 0.15) is 19.3 Å². The molecule has 6 heteroatoms. The number of hydrogen-bond acceptors (Lipinski definition) is 4. The van der Waals surface area contributed by atoms with Crippen molar-refractivity contribution in [1.82, 2.24) is 5.32 Å². The minimum atomic E-state index is -0.327. The van der Waals surface area contributed by atoms with E-state index in [0.29, 0.717) is 6.04 Å². The summed E-state index contributed by atoms with van der Waals surface area (Å²) >= 11 is 3.69. The fraction of sp³-hybridized carbons (Fsp3) is 0.900. The molecule has 16 heavy (non-hydrogen) atoms. The molecule has 1 aliphatic rings. The second-order valence-electron chi connectivity index (χ2n) is 3.78. The molecule has 0 saturated carbocycles. The molecule has 0 bridgehead atoms. The topological polar surface area (TPSA) is 55.1 Å². The number of hydrogen-bond donors (Lipinski definition) is 2. The van der Waals surface area contributed by atoms with Gasteiger partial charge in [0.25, 0.3) is 0 Å². The average Bonchev–Trinajstić information content (AvgIpc) is 2.27. The Morgan fingerprint density at radius 2 is 2.19 bits per heavy atom.